The largest absolute Gasteiger partial charge is 0.492 e. The molecule has 0 bridgehead atoms. The molecule has 1 aromatic carbocycles. The van der Waals surface area contributed by atoms with Crippen LogP contribution >= 0.6 is 25.3 Å². The molecule has 1 aromatic rings. The molecule has 0 unspecified atom stereocenters. The van der Waals surface area contributed by atoms with Crippen LogP contribution in [0.3, 0.4) is 0 Å². The van der Waals surface area contributed by atoms with E-state index in [1.54, 1.807) is 0 Å². The second kappa shape index (κ2) is 12.7. The normalized spacial score (nSPS) is 11.7. The molecule has 9 heteroatoms. The van der Waals surface area contributed by atoms with Crippen molar-refractivity contribution in [2.24, 2.45) is 11.5 Å². The highest BCUT2D eigenvalue weighted by Gasteiger charge is 2.12. The minimum atomic E-state index is -0.544. The van der Waals surface area contributed by atoms with Gasteiger partial charge in [0.2, 0.25) is 5.91 Å². The van der Waals surface area contributed by atoms with E-state index in [0.717, 1.165) is 29.7 Å². The molecule has 7 N–H and O–H groups in total. The van der Waals surface area contributed by atoms with Crippen LogP contribution in [0.5, 0.6) is 5.75 Å². The number of amides is 1. The summed E-state index contributed by atoms with van der Waals surface area (Å²) in [6.07, 6.45) is 2.18. The number of thiol groups is 2. The third-order valence-electron chi connectivity index (χ3n) is 3.78. The number of unbranched alkanes of at least 4 members (excludes halogenated alkanes) is 1. The standard InChI is InChI=1S/C17H29N5O2S2/c18-15(3-1-2-6-22-17(19)20)16(23)21-7-8-24-14-5-4-12(10-25)13(9-14)11-26/h4-5,9,15,25-26H,1-3,6-8,10-11,18H2,(H,21,23)(H4,19,20,22)/t15-/m0/s1. The topological polar surface area (TPSA) is 126 Å². The molecule has 0 radical (unpaired) electrons. The zero-order valence-electron chi connectivity index (χ0n) is 14.8. The molecule has 0 aliphatic carbocycles. The number of hydrogen-bond donors (Lipinski definition) is 7. The number of ether oxygens (including phenoxy) is 1. The summed E-state index contributed by atoms with van der Waals surface area (Å²) in [6.45, 7) is 1.37. The Balaban J connectivity index is 2.22. The van der Waals surface area contributed by atoms with Crippen LogP contribution in [0.1, 0.15) is 30.4 Å². The summed E-state index contributed by atoms with van der Waals surface area (Å²) in [4.78, 5) is 11.9. The van der Waals surface area contributed by atoms with Gasteiger partial charge >= 0.3 is 0 Å². The Morgan fingerprint density at radius 3 is 2.54 bits per heavy atom. The van der Waals surface area contributed by atoms with E-state index in [1.807, 2.05) is 18.2 Å². The summed E-state index contributed by atoms with van der Waals surface area (Å²) in [7, 11) is 0. The second-order valence-electron chi connectivity index (χ2n) is 5.83. The summed E-state index contributed by atoms with van der Waals surface area (Å²) in [5.74, 6) is 1.80. The summed E-state index contributed by atoms with van der Waals surface area (Å²) in [5.41, 5.74) is 13.3. The highest BCUT2D eigenvalue weighted by molar-refractivity contribution is 7.79. The fourth-order valence-electron chi connectivity index (χ4n) is 2.31. The van der Waals surface area contributed by atoms with Crippen LogP contribution in [0.4, 0.5) is 0 Å². The molecule has 146 valence electrons. The van der Waals surface area contributed by atoms with Crippen LogP contribution in [-0.4, -0.2) is 37.6 Å². The maximum absolute atomic E-state index is 11.9. The van der Waals surface area contributed by atoms with Gasteiger partial charge in [0.15, 0.2) is 5.96 Å². The lowest BCUT2D eigenvalue weighted by molar-refractivity contribution is -0.122. The van der Waals surface area contributed by atoms with Crippen molar-refractivity contribution in [1.82, 2.24) is 10.6 Å². The number of hydrogen-bond acceptors (Lipinski definition) is 6. The molecular weight excluding hydrogens is 370 g/mol. The van der Waals surface area contributed by atoms with Gasteiger partial charge in [-0.15, -0.1) is 0 Å². The number of nitrogens with one attached hydrogen (secondary N) is 3. The van der Waals surface area contributed by atoms with Gasteiger partial charge in [-0.25, -0.2) is 0 Å². The van der Waals surface area contributed by atoms with E-state index in [-0.39, 0.29) is 11.9 Å². The summed E-state index contributed by atoms with van der Waals surface area (Å²) < 4.78 is 5.66. The van der Waals surface area contributed by atoms with Crippen molar-refractivity contribution in [2.45, 2.75) is 36.8 Å². The quantitative estimate of drug-likeness (QED) is 0.122. The van der Waals surface area contributed by atoms with E-state index in [2.05, 4.69) is 35.9 Å². The minimum Gasteiger partial charge on any atom is -0.492 e. The number of carbonyl (C=O) groups is 1. The smallest absolute Gasteiger partial charge is 0.237 e. The maximum Gasteiger partial charge on any atom is 0.237 e. The molecule has 0 aromatic heterocycles. The Bertz CT molecular complexity index is 586. The molecule has 0 saturated heterocycles. The summed E-state index contributed by atoms with van der Waals surface area (Å²) in [5, 5.41) is 12.5. The summed E-state index contributed by atoms with van der Waals surface area (Å²) >= 11 is 8.60. The number of carbonyl (C=O) groups excluding carboxylic acids is 1. The first-order valence-electron chi connectivity index (χ1n) is 8.55. The Labute approximate surface area is 165 Å². The molecule has 0 saturated carbocycles. The van der Waals surface area contributed by atoms with E-state index in [9.17, 15) is 4.79 Å². The first-order chi connectivity index (χ1) is 12.5. The van der Waals surface area contributed by atoms with Gasteiger partial charge in [-0.1, -0.05) is 6.07 Å². The molecule has 0 heterocycles. The van der Waals surface area contributed by atoms with Crippen molar-refractivity contribution in [2.75, 3.05) is 19.7 Å². The molecule has 1 amide bonds. The average Bonchev–Trinajstić information content (AvgIpc) is 2.63. The van der Waals surface area contributed by atoms with E-state index in [1.165, 1.54) is 0 Å². The third kappa shape index (κ3) is 8.68. The van der Waals surface area contributed by atoms with E-state index in [0.29, 0.717) is 37.6 Å². The van der Waals surface area contributed by atoms with Crippen molar-refractivity contribution in [1.29, 1.82) is 5.41 Å². The van der Waals surface area contributed by atoms with Gasteiger partial charge in [-0.2, -0.15) is 25.3 Å². The predicted molar refractivity (Wildman–Crippen MR) is 112 cm³/mol. The van der Waals surface area contributed by atoms with Gasteiger partial charge in [0.05, 0.1) is 12.6 Å². The van der Waals surface area contributed by atoms with Crippen molar-refractivity contribution >= 4 is 37.1 Å². The van der Waals surface area contributed by atoms with E-state index < -0.39 is 6.04 Å². The van der Waals surface area contributed by atoms with Crippen LogP contribution in [0.25, 0.3) is 0 Å². The van der Waals surface area contributed by atoms with Gasteiger partial charge in [0.25, 0.3) is 0 Å². The molecule has 1 rings (SSSR count). The fourth-order valence-corrected chi connectivity index (χ4v) is 2.91. The lowest BCUT2D eigenvalue weighted by Crippen LogP contribution is -2.42. The second-order valence-corrected chi connectivity index (χ2v) is 6.46. The van der Waals surface area contributed by atoms with Gasteiger partial charge < -0.3 is 26.8 Å². The van der Waals surface area contributed by atoms with Crippen LogP contribution in [0.2, 0.25) is 0 Å². The maximum atomic E-state index is 11.9. The predicted octanol–water partition coefficient (Wildman–Crippen LogP) is 1.02. The Morgan fingerprint density at radius 2 is 1.88 bits per heavy atom. The molecule has 26 heavy (non-hydrogen) atoms. The number of guanidine groups is 1. The molecule has 0 fully saturated rings. The van der Waals surface area contributed by atoms with E-state index >= 15 is 0 Å². The van der Waals surface area contributed by atoms with Gasteiger partial charge in [-0.3, -0.25) is 10.2 Å². The summed E-state index contributed by atoms with van der Waals surface area (Å²) in [6, 6.07) is 5.27. The number of benzene rings is 1. The molecule has 7 nitrogen and oxygen atoms in total. The Morgan fingerprint density at radius 1 is 1.15 bits per heavy atom. The highest BCUT2D eigenvalue weighted by atomic mass is 32.1. The van der Waals surface area contributed by atoms with Crippen molar-refractivity contribution in [3.63, 3.8) is 0 Å². The lowest BCUT2D eigenvalue weighted by atomic mass is 10.1. The molecular formula is C17H29N5O2S2. The van der Waals surface area contributed by atoms with Gasteiger partial charge in [0.1, 0.15) is 12.4 Å². The monoisotopic (exact) mass is 399 g/mol. The molecule has 0 aliphatic rings. The third-order valence-corrected chi connectivity index (χ3v) is 4.46. The Hall–Kier alpha value is -1.58. The van der Waals surface area contributed by atoms with Crippen LogP contribution < -0.4 is 26.8 Å². The molecule has 1 atom stereocenters. The first-order valence-corrected chi connectivity index (χ1v) is 9.82. The van der Waals surface area contributed by atoms with Crippen molar-refractivity contribution in [3.05, 3.63) is 29.3 Å². The number of rotatable bonds is 12. The average molecular weight is 400 g/mol. The highest BCUT2D eigenvalue weighted by Crippen LogP contribution is 2.20. The van der Waals surface area contributed by atoms with E-state index in [4.69, 9.17) is 21.6 Å². The van der Waals surface area contributed by atoms with Gasteiger partial charge in [0, 0.05) is 18.1 Å². The zero-order chi connectivity index (χ0) is 19.4. The first kappa shape index (κ1) is 22.5. The van der Waals surface area contributed by atoms with Crippen LogP contribution in [0, 0.1) is 5.41 Å². The van der Waals surface area contributed by atoms with Crippen molar-refractivity contribution in [3.8, 4) is 5.75 Å². The van der Waals surface area contributed by atoms with Crippen LogP contribution in [-0.2, 0) is 16.3 Å². The zero-order valence-corrected chi connectivity index (χ0v) is 16.6. The van der Waals surface area contributed by atoms with Crippen LogP contribution in [0.15, 0.2) is 18.2 Å². The molecule has 0 spiro atoms. The number of nitrogens with two attached hydrogens (primary N) is 2. The van der Waals surface area contributed by atoms with Gasteiger partial charge in [-0.05, 0) is 42.5 Å². The molecule has 0 aliphatic heterocycles. The SMILES string of the molecule is N=C(N)NCCCC[C@H](N)C(=O)NCCOc1ccc(CS)c(CS)c1. The minimum absolute atomic E-state index is 0.0474. The fraction of sp³-hybridized carbons (Fsp3) is 0.529. The Kier molecular flexibility index (Phi) is 11.0. The lowest BCUT2D eigenvalue weighted by Gasteiger charge is -2.13. The van der Waals surface area contributed by atoms with Crippen molar-refractivity contribution < 1.29 is 9.53 Å².